The van der Waals surface area contributed by atoms with Gasteiger partial charge in [-0.3, -0.25) is 19.2 Å². The molecule has 0 aliphatic rings. The van der Waals surface area contributed by atoms with E-state index in [2.05, 4.69) is 0 Å². The Kier molecular flexibility index (Phi) is 3.76. The first kappa shape index (κ1) is 17.2. The van der Waals surface area contributed by atoms with Gasteiger partial charge in [-0.15, -0.1) is 0 Å². The molecule has 9 nitrogen and oxygen atoms in total. The van der Waals surface area contributed by atoms with Gasteiger partial charge >= 0.3 is 10.1 Å². The van der Waals surface area contributed by atoms with Crippen LogP contribution in [0.1, 0.15) is 0 Å². The van der Waals surface area contributed by atoms with E-state index in [0.29, 0.717) is 10.8 Å². The minimum atomic E-state index is -5.32. The molecule has 0 amide bonds. The number of rotatable bonds is 3. The Morgan fingerprint density at radius 3 is 1.80 bits per heavy atom. The molecule has 0 aliphatic heterocycles. The van der Waals surface area contributed by atoms with Crippen LogP contribution in [-0.4, -0.2) is 30.9 Å². The fourth-order valence-corrected chi connectivity index (χ4v) is 4.83. The van der Waals surface area contributed by atoms with E-state index >= 15 is 0 Å². The molecule has 3 aromatic rings. The summed E-state index contributed by atoms with van der Waals surface area (Å²) in [7, 11) is -10.5. The topological polar surface area (TPSA) is 152 Å². The molecule has 0 radical (unpaired) electrons. The average molecular weight is 383 g/mol. The van der Waals surface area contributed by atoms with Crippen LogP contribution in [0.3, 0.4) is 0 Å². The zero-order valence-corrected chi connectivity index (χ0v) is 13.8. The second-order valence-electron chi connectivity index (χ2n) is 5.18. The molecule has 0 bridgehead atoms. The third-order valence-corrected chi connectivity index (χ3v) is 5.60. The summed E-state index contributed by atoms with van der Waals surface area (Å²) >= 11 is 0. The van der Waals surface area contributed by atoms with Crippen LogP contribution in [0.15, 0.2) is 52.3 Å². The van der Waals surface area contributed by atoms with Crippen molar-refractivity contribution in [3.05, 3.63) is 52.6 Å². The standard InChI is InChI=1S/C14H9NO8S2/c16-15(17)12-7-10-5-8-3-1-2-4-9(8)6-11(10)13(24(18,19)20)14(12)25(21,22)23/h1-7H,(H,18,19,20)(H,21,22,23). The third kappa shape index (κ3) is 2.93. The van der Waals surface area contributed by atoms with Crippen molar-refractivity contribution in [2.24, 2.45) is 0 Å². The Hall–Kier alpha value is -2.60. The predicted octanol–water partition coefficient (Wildman–Crippen LogP) is 2.39. The van der Waals surface area contributed by atoms with Gasteiger partial charge in [0.25, 0.3) is 15.8 Å². The number of hydrogen-bond donors (Lipinski definition) is 2. The molecule has 0 unspecified atom stereocenters. The van der Waals surface area contributed by atoms with Gasteiger partial charge in [-0.1, -0.05) is 24.3 Å². The first-order valence-corrected chi connectivity index (χ1v) is 9.47. The fourth-order valence-electron chi connectivity index (χ4n) is 2.67. The number of nitro benzene ring substituents is 1. The molecule has 0 atom stereocenters. The smallest absolute Gasteiger partial charge is 0.282 e. The lowest BCUT2D eigenvalue weighted by Crippen LogP contribution is -2.12. The van der Waals surface area contributed by atoms with E-state index in [1.807, 2.05) is 0 Å². The summed E-state index contributed by atoms with van der Waals surface area (Å²) in [6.45, 7) is 0. The molecule has 0 saturated heterocycles. The number of benzene rings is 3. The first-order valence-electron chi connectivity index (χ1n) is 6.59. The molecule has 25 heavy (non-hydrogen) atoms. The molecule has 0 fully saturated rings. The van der Waals surface area contributed by atoms with E-state index in [9.17, 15) is 36.1 Å². The van der Waals surface area contributed by atoms with Crippen LogP contribution in [0.2, 0.25) is 0 Å². The zero-order chi connectivity index (χ0) is 18.6. The lowest BCUT2D eigenvalue weighted by molar-refractivity contribution is -0.388. The van der Waals surface area contributed by atoms with E-state index in [1.165, 1.54) is 12.1 Å². The van der Waals surface area contributed by atoms with E-state index < -0.39 is 40.6 Å². The minimum absolute atomic E-state index is 0.0189. The van der Waals surface area contributed by atoms with E-state index in [1.54, 1.807) is 24.3 Å². The lowest BCUT2D eigenvalue weighted by atomic mass is 10.0. The van der Waals surface area contributed by atoms with Gasteiger partial charge in [0.15, 0.2) is 4.90 Å². The van der Waals surface area contributed by atoms with Crippen LogP contribution in [0, 0.1) is 10.1 Å². The highest BCUT2D eigenvalue weighted by molar-refractivity contribution is 7.89. The van der Waals surface area contributed by atoms with Crippen molar-refractivity contribution in [3.63, 3.8) is 0 Å². The molecule has 0 saturated carbocycles. The van der Waals surface area contributed by atoms with Gasteiger partial charge in [0.05, 0.1) is 4.92 Å². The fraction of sp³-hybridized carbons (Fsp3) is 0. The van der Waals surface area contributed by atoms with Crippen LogP contribution in [-0.2, 0) is 20.2 Å². The van der Waals surface area contributed by atoms with Crippen molar-refractivity contribution in [2.45, 2.75) is 9.79 Å². The molecular formula is C14H9NO8S2. The van der Waals surface area contributed by atoms with Gasteiger partial charge in [-0.2, -0.15) is 16.8 Å². The summed E-state index contributed by atoms with van der Waals surface area (Å²) in [4.78, 5) is 7.36. The second kappa shape index (κ2) is 5.46. The van der Waals surface area contributed by atoms with Crippen LogP contribution in [0.5, 0.6) is 0 Å². The van der Waals surface area contributed by atoms with Gasteiger partial charge in [-0.05, 0) is 28.3 Å². The van der Waals surface area contributed by atoms with Crippen LogP contribution in [0.4, 0.5) is 5.69 Å². The normalized spacial score (nSPS) is 12.6. The summed E-state index contributed by atoms with van der Waals surface area (Å²) in [5, 5.41) is 12.1. The van der Waals surface area contributed by atoms with Crippen LogP contribution in [0.25, 0.3) is 21.5 Å². The van der Waals surface area contributed by atoms with Gasteiger partial charge in [-0.25, -0.2) is 0 Å². The molecular weight excluding hydrogens is 374 g/mol. The average Bonchev–Trinajstić information content (AvgIpc) is 2.48. The second-order valence-corrected chi connectivity index (χ2v) is 7.90. The molecule has 2 N–H and O–H groups in total. The molecule has 3 rings (SSSR count). The largest absolute Gasteiger partial charge is 0.302 e. The van der Waals surface area contributed by atoms with Crippen molar-refractivity contribution in [2.75, 3.05) is 0 Å². The third-order valence-electron chi connectivity index (χ3n) is 3.61. The molecule has 0 aromatic heterocycles. The van der Waals surface area contributed by atoms with Gasteiger partial charge in [0.1, 0.15) is 4.90 Å². The van der Waals surface area contributed by atoms with Crippen LogP contribution >= 0.6 is 0 Å². The molecule has 130 valence electrons. The lowest BCUT2D eigenvalue weighted by Gasteiger charge is -2.11. The summed E-state index contributed by atoms with van der Waals surface area (Å²) in [6.07, 6.45) is 0. The Labute approximate surface area is 141 Å². The highest BCUT2D eigenvalue weighted by atomic mass is 32.2. The Morgan fingerprint density at radius 2 is 1.32 bits per heavy atom. The monoisotopic (exact) mass is 383 g/mol. The minimum Gasteiger partial charge on any atom is -0.282 e. The van der Waals surface area contributed by atoms with Gasteiger partial charge in [0.2, 0.25) is 0 Å². The molecule has 0 heterocycles. The summed E-state index contributed by atoms with van der Waals surface area (Å²) in [5.41, 5.74) is -1.15. The van der Waals surface area contributed by atoms with Crippen molar-refractivity contribution in [3.8, 4) is 0 Å². The molecule has 0 spiro atoms. The summed E-state index contributed by atoms with van der Waals surface area (Å²) < 4.78 is 65.6. The number of nitro groups is 1. The molecule has 0 aliphatic carbocycles. The van der Waals surface area contributed by atoms with E-state index in [0.717, 1.165) is 6.07 Å². The Morgan fingerprint density at radius 1 is 0.800 bits per heavy atom. The maximum atomic E-state index is 11.8. The van der Waals surface area contributed by atoms with E-state index in [-0.39, 0.29) is 10.8 Å². The highest BCUT2D eigenvalue weighted by Crippen LogP contribution is 2.38. The Balaban J connectivity index is 2.70. The maximum absolute atomic E-state index is 11.8. The molecule has 11 heteroatoms. The van der Waals surface area contributed by atoms with Crippen molar-refractivity contribution >= 4 is 47.5 Å². The van der Waals surface area contributed by atoms with Crippen molar-refractivity contribution in [1.82, 2.24) is 0 Å². The van der Waals surface area contributed by atoms with Gasteiger partial charge in [0, 0.05) is 11.5 Å². The Bertz CT molecular complexity index is 1260. The van der Waals surface area contributed by atoms with Crippen molar-refractivity contribution < 1.29 is 30.9 Å². The molecule has 3 aromatic carbocycles. The van der Waals surface area contributed by atoms with Gasteiger partial charge < -0.3 is 0 Å². The quantitative estimate of drug-likeness (QED) is 0.303. The summed E-state index contributed by atoms with van der Waals surface area (Å²) in [5.74, 6) is 0. The highest BCUT2D eigenvalue weighted by Gasteiger charge is 2.35. The number of fused-ring (bicyclic) bond motifs is 2. The number of hydrogen-bond acceptors (Lipinski definition) is 6. The number of nitrogens with zero attached hydrogens (tertiary/aromatic N) is 1. The van der Waals surface area contributed by atoms with Crippen LogP contribution < -0.4 is 0 Å². The maximum Gasteiger partial charge on any atom is 0.302 e. The predicted molar refractivity (Wildman–Crippen MR) is 87.7 cm³/mol. The zero-order valence-electron chi connectivity index (χ0n) is 12.1. The van der Waals surface area contributed by atoms with Crippen molar-refractivity contribution in [1.29, 1.82) is 0 Å². The summed E-state index contributed by atoms with van der Waals surface area (Å²) in [6, 6.07) is 10.1. The van der Waals surface area contributed by atoms with E-state index in [4.69, 9.17) is 0 Å². The first-order chi connectivity index (χ1) is 11.5. The SMILES string of the molecule is O=[N+]([O-])c1cc2cc3ccccc3cc2c(S(=O)(=O)O)c1S(=O)(=O)O.